The lowest BCUT2D eigenvalue weighted by molar-refractivity contribution is -0.000587. The van der Waals surface area contributed by atoms with E-state index in [9.17, 15) is 10.2 Å². The predicted molar refractivity (Wildman–Crippen MR) is 76.8 cm³/mol. The Morgan fingerprint density at radius 3 is 2.58 bits per heavy atom. The molecule has 0 saturated heterocycles. The lowest BCUT2D eigenvalue weighted by Gasteiger charge is -2.15. The Morgan fingerprint density at radius 2 is 1.89 bits per heavy atom. The lowest BCUT2D eigenvalue weighted by atomic mass is 10.1. The van der Waals surface area contributed by atoms with Gasteiger partial charge in [0.15, 0.2) is 0 Å². The fourth-order valence-corrected chi connectivity index (χ4v) is 1.88. The van der Waals surface area contributed by atoms with E-state index in [1.54, 1.807) is 0 Å². The number of unbranched alkanes of at least 4 members (excludes halogenated alkanes) is 1. The monoisotopic (exact) mass is 264 g/mol. The fraction of sp³-hybridized carbons (Fsp3) is 0.500. The summed E-state index contributed by atoms with van der Waals surface area (Å²) in [6.07, 6.45) is 3.64. The van der Waals surface area contributed by atoms with Crippen molar-refractivity contribution in [2.45, 2.75) is 44.5 Å². The summed E-state index contributed by atoms with van der Waals surface area (Å²) >= 11 is 0. The van der Waals surface area contributed by atoms with Crippen molar-refractivity contribution in [3.8, 4) is 0 Å². The Balaban J connectivity index is 2.10. The second-order valence-corrected chi connectivity index (χ2v) is 4.76. The van der Waals surface area contributed by atoms with Crippen LogP contribution in [-0.4, -0.2) is 29.0 Å². The molecule has 0 spiro atoms. The number of rotatable bonds is 10. The molecule has 0 unspecified atom stereocenters. The van der Waals surface area contributed by atoms with Gasteiger partial charge in [0.25, 0.3) is 0 Å². The van der Waals surface area contributed by atoms with E-state index in [0.29, 0.717) is 19.4 Å². The molecule has 19 heavy (non-hydrogen) atoms. The third kappa shape index (κ3) is 7.78. The highest BCUT2D eigenvalue weighted by Gasteiger charge is 2.11. The van der Waals surface area contributed by atoms with Crippen molar-refractivity contribution in [2.75, 3.05) is 6.61 Å². The van der Waals surface area contributed by atoms with Crippen molar-refractivity contribution in [3.63, 3.8) is 0 Å². The van der Waals surface area contributed by atoms with Gasteiger partial charge in [-0.25, -0.2) is 0 Å². The lowest BCUT2D eigenvalue weighted by Crippen LogP contribution is -2.22. The van der Waals surface area contributed by atoms with E-state index in [4.69, 9.17) is 4.74 Å². The number of aliphatic hydroxyl groups excluding tert-OH is 2. The summed E-state index contributed by atoms with van der Waals surface area (Å²) in [5, 5.41) is 19.5. The van der Waals surface area contributed by atoms with E-state index >= 15 is 0 Å². The minimum atomic E-state index is -0.609. The number of hydrogen-bond donors (Lipinski definition) is 2. The smallest absolute Gasteiger partial charge is 0.0798 e. The molecule has 3 nitrogen and oxygen atoms in total. The van der Waals surface area contributed by atoms with Crippen molar-refractivity contribution < 1.29 is 14.9 Å². The minimum Gasteiger partial charge on any atom is -0.393 e. The summed E-state index contributed by atoms with van der Waals surface area (Å²) in [5.41, 5.74) is 1.08. The molecule has 2 N–H and O–H groups in total. The SMILES string of the molecule is C=CCCC[C@H](O)C[C@@H](O)COCc1ccccc1. The van der Waals surface area contributed by atoms with Crippen LogP contribution in [0, 0.1) is 0 Å². The summed E-state index contributed by atoms with van der Waals surface area (Å²) < 4.78 is 5.43. The van der Waals surface area contributed by atoms with Crippen LogP contribution >= 0.6 is 0 Å². The van der Waals surface area contributed by atoms with Gasteiger partial charge in [0, 0.05) is 6.42 Å². The summed E-state index contributed by atoms with van der Waals surface area (Å²) in [6.45, 7) is 4.38. The molecular formula is C16H24O3. The van der Waals surface area contributed by atoms with Crippen molar-refractivity contribution in [1.29, 1.82) is 0 Å². The summed E-state index contributed by atoms with van der Waals surface area (Å²) in [6, 6.07) is 9.84. The Kier molecular flexibility index (Phi) is 8.14. The average Bonchev–Trinajstić information content (AvgIpc) is 2.40. The first kappa shape index (κ1) is 15.9. The molecule has 2 atom stereocenters. The second-order valence-electron chi connectivity index (χ2n) is 4.76. The number of benzene rings is 1. The van der Waals surface area contributed by atoms with Gasteiger partial charge in [-0.3, -0.25) is 0 Å². The molecule has 0 heterocycles. The zero-order valence-corrected chi connectivity index (χ0v) is 11.4. The summed E-state index contributed by atoms with van der Waals surface area (Å²) in [5.74, 6) is 0. The fourth-order valence-electron chi connectivity index (χ4n) is 1.88. The van der Waals surface area contributed by atoms with Crippen LogP contribution in [0.25, 0.3) is 0 Å². The number of aliphatic hydroxyl groups is 2. The maximum atomic E-state index is 9.75. The highest BCUT2D eigenvalue weighted by molar-refractivity contribution is 5.13. The topological polar surface area (TPSA) is 49.7 Å². The van der Waals surface area contributed by atoms with E-state index in [-0.39, 0.29) is 6.61 Å². The van der Waals surface area contributed by atoms with Crippen LogP contribution in [0.15, 0.2) is 43.0 Å². The molecule has 1 aromatic carbocycles. The van der Waals surface area contributed by atoms with Crippen molar-refractivity contribution in [1.82, 2.24) is 0 Å². The molecular weight excluding hydrogens is 240 g/mol. The van der Waals surface area contributed by atoms with Crippen molar-refractivity contribution in [2.24, 2.45) is 0 Å². The first-order valence-corrected chi connectivity index (χ1v) is 6.81. The van der Waals surface area contributed by atoms with Crippen LogP contribution in [0.2, 0.25) is 0 Å². The molecule has 0 fully saturated rings. The standard InChI is InChI=1S/C16H24O3/c1-2-3-5-10-15(17)11-16(18)13-19-12-14-8-6-4-7-9-14/h2,4,6-9,15-18H,1,3,5,10-13H2/t15-,16+/m0/s1. The molecule has 1 rings (SSSR count). The molecule has 1 aromatic rings. The molecule has 0 aliphatic rings. The molecule has 3 heteroatoms. The molecule has 106 valence electrons. The highest BCUT2D eigenvalue weighted by Crippen LogP contribution is 2.09. The zero-order valence-electron chi connectivity index (χ0n) is 11.4. The normalized spacial score (nSPS) is 14.0. The number of hydrogen-bond acceptors (Lipinski definition) is 3. The van der Waals surface area contributed by atoms with Gasteiger partial charge in [0.1, 0.15) is 0 Å². The van der Waals surface area contributed by atoms with Gasteiger partial charge in [0.2, 0.25) is 0 Å². The van der Waals surface area contributed by atoms with Crippen LogP contribution in [0.4, 0.5) is 0 Å². The predicted octanol–water partition coefficient (Wildman–Crippen LogP) is 2.67. The van der Waals surface area contributed by atoms with Crippen LogP contribution in [0.1, 0.15) is 31.2 Å². The number of allylic oxidation sites excluding steroid dienone is 1. The van der Waals surface area contributed by atoms with Gasteiger partial charge in [-0.15, -0.1) is 6.58 Å². The van der Waals surface area contributed by atoms with Gasteiger partial charge in [0.05, 0.1) is 25.4 Å². The van der Waals surface area contributed by atoms with Gasteiger partial charge >= 0.3 is 0 Å². The van der Waals surface area contributed by atoms with Crippen LogP contribution in [0.5, 0.6) is 0 Å². The number of ether oxygens (including phenoxy) is 1. The maximum Gasteiger partial charge on any atom is 0.0798 e. The van der Waals surface area contributed by atoms with Gasteiger partial charge in [-0.2, -0.15) is 0 Å². The Labute approximate surface area is 115 Å². The zero-order chi connectivity index (χ0) is 13.9. The molecule has 0 radical (unpaired) electrons. The molecule has 0 aliphatic heterocycles. The van der Waals surface area contributed by atoms with E-state index in [2.05, 4.69) is 6.58 Å². The third-order valence-corrected chi connectivity index (χ3v) is 2.91. The van der Waals surface area contributed by atoms with Gasteiger partial charge in [-0.05, 0) is 24.8 Å². The third-order valence-electron chi connectivity index (χ3n) is 2.91. The van der Waals surface area contributed by atoms with Gasteiger partial charge < -0.3 is 14.9 Å². The van der Waals surface area contributed by atoms with E-state index in [1.165, 1.54) is 0 Å². The van der Waals surface area contributed by atoms with Crippen molar-refractivity contribution >= 4 is 0 Å². The molecule has 0 bridgehead atoms. The van der Waals surface area contributed by atoms with Crippen LogP contribution in [0.3, 0.4) is 0 Å². The largest absolute Gasteiger partial charge is 0.393 e. The van der Waals surface area contributed by atoms with Crippen LogP contribution in [-0.2, 0) is 11.3 Å². The Bertz CT molecular complexity index is 337. The van der Waals surface area contributed by atoms with Crippen molar-refractivity contribution in [3.05, 3.63) is 48.6 Å². The maximum absolute atomic E-state index is 9.75. The summed E-state index contributed by atoms with van der Waals surface area (Å²) in [4.78, 5) is 0. The average molecular weight is 264 g/mol. The van der Waals surface area contributed by atoms with E-state index < -0.39 is 12.2 Å². The van der Waals surface area contributed by atoms with E-state index in [1.807, 2.05) is 36.4 Å². The Morgan fingerprint density at radius 1 is 1.16 bits per heavy atom. The molecule has 0 amide bonds. The first-order valence-electron chi connectivity index (χ1n) is 6.81. The highest BCUT2D eigenvalue weighted by atomic mass is 16.5. The molecule has 0 saturated carbocycles. The molecule has 0 aromatic heterocycles. The second kappa shape index (κ2) is 9.73. The van der Waals surface area contributed by atoms with E-state index in [0.717, 1.165) is 18.4 Å². The van der Waals surface area contributed by atoms with Gasteiger partial charge in [-0.1, -0.05) is 36.4 Å². The van der Waals surface area contributed by atoms with Crippen LogP contribution < -0.4 is 0 Å². The summed E-state index contributed by atoms with van der Waals surface area (Å²) in [7, 11) is 0. The quantitative estimate of drug-likeness (QED) is 0.504. The Hall–Kier alpha value is -1.16. The minimum absolute atomic E-state index is 0.257. The first-order chi connectivity index (χ1) is 9.22. The molecule has 0 aliphatic carbocycles.